The van der Waals surface area contributed by atoms with Crippen molar-refractivity contribution in [1.82, 2.24) is 4.98 Å². The Morgan fingerprint density at radius 1 is 1.17 bits per heavy atom. The van der Waals surface area contributed by atoms with Gasteiger partial charge in [0.15, 0.2) is 5.13 Å². The Labute approximate surface area is 107 Å². The van der Waals surface area contributed by atoms with Gasteiger partial charge in [-0.25, -0.2) is 4.98 Å². The number of fused-ring (bicyclic) bond motifs is 3. The van der Waals surface area contributed by atoms with Crippen LogP contribution in [0.2, 0.25) is 0 Å². The highest BCUT2D eigenvalue weighted by atomic mass is 32.2. The summed E-state index contributed by atoms with van der Waals surface area (Å²) >= 11 is 1.29. The number of hydrogen-bond donors (Lipinski definition) is 2. The maximum atomic E-state index is 11.3. The molecule has 2 aromatic carbocycles. The van der Waals surface area contributed by atoms with Gasteiger partial charge in [-0.1, -0.05) is 29.5 Å². The van der Waals surface area contributed by atoms with Crippen molar-refractivity contribution >= 4 is 47.6 Å². The summed E-state index contributed by atoms with van der Waals surface area (Å²) < 4.78 is 32.6. The zero-order valence-corrected chi connectivity index (χ0v) is 10.6. The summed E-state index contributed by atoms with van der Waals surface area (Å²) in [6.45, 7) is 0. The molecule has 0 aliphatic carbocycles. The Hall–Kier alpha value is -1.70. The topological polar surface area (TPSA) is 93.3 Å². The van der Waals surface area contributed by atoms with Crippen molar-refractivity contribution in [2.45, 2.75) is 4.90 Å². The lowest BCUT2D eigenvalue weighted by Gasteiger charge is -2.03. The summed E-state index contributed by atoms with van der Waals surface area (Å²) in [7, 11) is -4.24. The van der Waals surface area contributed by atoms with Gasteiger partial charge >= 0.3 is 0 Å². The molecule has 0 amide bonds. The highest BCUT2D eigenvalue weighted by Gasteiger charge is 2.15. The van der Waals surface area contributed by atoms with Crippen LogP contribution in [-0.2, 0) is 10.1 Å². The fourth-order valence-corrected chi connectivity index (χ4v) is 3.52. The molecule has 18 heavy (non-hydrogen) atoms. The summed E-state index contributed by atoms with van der Waals surface area (Å²) in [6, 6.07) is 8.05. The van der Waals surface area contributed by atoms with Gasteiger partial charge in [0, 0.05) is 10.8 Å². The van der Waals surface area contributed by atoms with E-state index in [4.69, 9.17) is 5.73 Å². The van der Waals surface area contributed by atoms with Crippen LogP contribution in [0.1, 0.15) is 0 Å². The molecule has 0 radical (unpaired) electrons. The van der Waals surface area contributed by atoms with Crippen LogP contribution >= 0.6 is 11.3 Å². The third-order valence-electron chi connectivity index (χ3n) is 2.67. The summed E-state index contributed by atoms with van der Waals surface area (Å²) in [4.78, 5) is 4.04. The second kappa shape index (κ2) is 3.64. The van der Waals surface area contributed by atoms with Gasteiger partial charge < -0.3 is 5.73 Å². The first-order valence-electron chi connectivity index (χ1n) is 5.02. The van der Waals surface area contributed by atoms with Crippen molar-refractivity contribution < 1.29 is 13.0 Å². The minimum atomic E-state index is -4.24. The van der Waals surface area contributed by atoms with Crippen LogP contribution in [0.3, 0.4) is 0 Å². The Kier molecular flexibility index (Phi) is 2.31. The number of nitrogens with zero attached hydrogens (tertiary/aromatic N) is 1. The van der Waals surface area contributed by atoms with E-state index in [0.717, 1.165) is 15.6 Å². The predicted octanol–water partition coefficient (Wildman–Crippen LogP) is 2.28. The molecule has 0 aliphatic rings. The summed E-state index contributed by atoms with van der Waals surface area (Å²) in [6.07, 6.45) is 0. The minimum absolute atomic E-state index is 0.103. The molecule has 0 unspecified atom stereocenters. The SMILES string of the molecule is Nc1nc2ccc3c(S(=O)(=O)O)cccc3c2s1. The molecule has 92 valence electrons. The van der Waals surface area contributed by atoms with Crippen molar-refractivity contribution in [3.8, 4) is 0 Å². The van der Waals surface area contributed by atoms with Crippen LogP contribution in [0.4, 0.5) is 5.13 Å². The van der Waals surface area contributed by atoms with Gasteiger partial charge in [0.05, 0.1) is 10.2 Å². The number of rotatable bonds is 1. The third kappa shape index (κ3) is 1.64. The molecule has 0 fully saturated rings. The molecular weight excluding hydrogens is 272 g/mol. The molecule has 0 saturated heterocycles. The van der Waals surface area contributed by atoms with Gasteiger partial charge in [-0.15, -0.1) is 0 Å². The molecule has 0 spiro atoms. The molecule has 3 rings (SSSR count). The maximum Gasteiger partial charge on any atom is 0.295 e. The van der Waals surface area contributed by atoms with E-state index in [9.17, 15) is 13.0 Å². The fraction of sp³-hybridized carbons (Fsp3) is 0. The minimum Gasteiger partial charge on any atom is -0.375 e. The van der Waals surface area contributed by atoms with Gasteiger partial charge in [0.2, 0.25) is 0 Å². The zero-order chi connectivity index (χ0) is 12.9. The van der Waals surface area contributed by atoms with E-state index in [1.165, 1.54) is 17.4 Å². The maximum absolute atomic E-state index is 11.3. The normalized spacial score (nSPS) is 12.3. The first-order valence-corrected chi connectivity index (χ1v) is 7.28. The van der Waals surface area contributed by atoms with Crippen molar-refractivity contribution in [2.24, 2.45) is 0 Å². The Morgan fingerprint density at radius 3 is 2.67 bits per heavy atom. The highest BCUT2D eigenvalue weighted by Crippen LogP contribution is 2.33. The van der Waals surface area contributed by atoms with Gasteiger partial charge in [-0.05, 0) is 12.1 Å². The number of thiazole rings is 1. The molecule has 3 N–H and O–H groups in total. The number of benzene rings is 2. The van der Waals surface area contributed by atoms with E-state index in [1.54, 1.807) is 24.3 Å². The fourth-order valence-electron chi connectivity index (χ4n) is 1.96. The number of anilines is 1. The summed E-state index contributed by atoms with van der Waals surface area (Å²) in [5.41, 5.74) is 6.37. The first kappa shape index (κ1) is 11.4. The molecule has 0 saturated carbocycles. The smallest absolute Gasteiger partial charge is 0.295 e. The largest absolute Gasteiger partial charge is 0.375 e. The highest BCUT2D eigenvalue weighted by molar-refractivity contribution is 7.86. The Morgan fingerprint density at radius 2 is 1.94 bits per heavy atom. The van der Waals surface area contributed by atoms with Crippen LogP contribution in [-0.4, -0.2) is 18.0 Å². The van der Waals surface area contributed by atoms with Gasteiger partial charge in [-0.3, -0.25) is 4.55 Å². The zero-order valence-electron chi connectivity index (χ0n) is 8.99. The van der Waals surface area contributed by atoms with Crippen LogP contribution in [0.5, 0.6) is 0 Å². The number of hydrogen-bond acceptors (Lipinski definition) is 5. The molecule has 5 nitrogen and oxygen atoms in total. The van der Waals surface area contributed by atoms with E-state index in [-0.39, 0.29) is 4.90 Å². The van der Waals surface area contributed by atoms with E-state index in [0.29, 0.717) is 10.5 Å². The standard InChI is InChI=1S/C11H8N2O3S2/c12-11-13-8-5-4-6-7(10(8)17-11)2-1-3-9(6)18(14,15)16/h1-5H,(H2,12,13)(H,14,15,16). The average molecular weight is 280 g/mol. The molecule has 0 atom stereocenters. The quantitative estimate of drug-likeness (QED) is 0.667. The van der Waals surface area contributed by atoms with E-state index in [1.807, 2.05) is 0 Å². The molecular formula is C11H8N2O3S2. The second-order valence-electron chi connectivity index (χ2n) is 3.79. The van der Waals surface area contributed by atoms with E-state index >= 15 is 0 Å². The number of nitrogens with two attached hydrogens (primary N) is 1. The van der Waals surface area contributed by atoms with Crippen molar-refractivity contribution in [3.05, 3.63) is 30.3 Å². The average Bonchev–Trinajstić information content (AvgIpc) is 2.67. The number of aromatic nitrogens is 1. The van der Waals surface area contributed by atoms with Crippen LogP contribution in [0.15, 0.2) is 35.2 Å². The number of nitrogen functional groups attached to an aromatic ring is 1. The van der Waals surface area contributed by atoms with Crippen LogP contribution in [0.25, 0.3) is 21.0 Å². The van der Waals surface area contributed by atoms with Gasteiger partial charge in [0.25, 0.3) is 10.1 Å². The first-order chi connectivity index (χ1) is 8.47. The molecule has 3 aromatic rings. The van der Waals surface area contributed by atoms with Crippen LogP contribution < -0.4 is 5.73 Å². The lowest BCUT2D eigenvalue weighted by molar-refractivity contribution is 0.484. The van der Waals surface area contributed by atoms with Crippen molar-refractivity contribution in [2.75, 3.05) is 5.73 Å². The Bertz CT molecular complexity index is 869. The van der Waals surface area contributed by atoms with Crippen molar-refractivity contribution in [3.63, 3.8) is 0 Å². The molecule has 0 bridgehead atoms. The predicted molar refractivity (Wildman–Crippen MR) is 71.4 cm³/mol. The summed E-state index contributed by atoms with van der Waals surface area (Å²) in [5.74, 6) is 0. The molecule has 1 heterocycles. The monoisotopic (exact) mass is 280 g/mol. The molecule has 1 aromatic heterocycles. The lowest BCUT2D eigenvalue weighted by Crippen LogP contribution is -1.98. The lowest BCUT2D eigenvalue weighted by atomic mass is 10.1. The molecule has 0 aliphatic heterocycles. The second-order valence-corrected chi connectivity index (χ2v) is 6.21. The van der Waals surface area contributed by atoms with Gasteiger partial charge in [-0.2, -0.15) is 8.42 Å². The van der Waals surface area contributed by atoms with Crippen molar-refractivity contribution in [1.29, 1.82) is 0 Å². The van der Waals surface area contributed by atoms with Gasteiger partial charge in [0.1, 0.15) is 4.90 Å². The molecule has 7 heteroatoms. The van der Waals surface area contributed by atoms with E-state index < -0.39 is 10.1 Å². The summed E-state index contributed by atoms with van der Waals surface area (Å²) in [5, 5.41) is 1.61. The van der Waals surface area contributed by atoms with Crippen LogP contribution in [0, 0.1) is 0 Å². The third-order valence-corrected chi connectivity index (χ3v) is 4.51. The Balaban J connectivity index is 2.54. The van der Waals surface area contributed by atoms with E-state index in [2.05, 4.69) is 4.98 Å².